The van der Waals surface area contributed by atoms with Gasteiger partial charge >= 0.3 is 5.97 Å². The maximum absolute atomic E-state index is 13.8. The van der Waals surface area contributed by atoms with Crippen LogP contribution in [0.15, 0.2) is 36.4 Å². The number of Topliss-reactive ketones (excluding diaryl/α,β-unsaturated/α-hetero) is 1. The van der Waals surface area contributed by atoms with Crippen LogP contribution >= 0.6 is 0 Å². The minimum absolute atomic E-state index is 0.0238. The second-order valence-electron chi connectivity index (χ2n) is 11.6. The zero-order valence-corrected chi connectivity index (χ0v) is 24.9. The molecule has 8 nitrogen and oxygen atoms in total. The summed E-state index contributed by atoms with van der Waals surface area (Å²) in [5.74, 6) is 0.947. The molecule has 2 aliphatic rings. The number of rotatable bonds is 13. The Kier molecular flexibility index (Phi) is 10.9. The molecule has 0 unspecified atom stereocenters. The first-order valence-electron chi connectivity index (χ1n) is 15.0. The molecule has 0 bridgehead atoms. The van der Waals surface area contributed by atoms with E-state index in [1.54, 1.807) is 24.3 Å². The molecule has 1 fully saturated rings. The third kappa shape index (κ3) is 7.65. The Morgan fingerprint density at radius 3 is 2.43 bits per heavy atom. The Morgan fingerprint density at radius 1 is 0.976 bits per heavy atom. The molecule has 0 heterocycles. The second-order valence-corrected chi connectivity index (χ2v) is 11.6. The van der Waals surface area contributed by atoms with E-state index in [-0.39, 0.29) is 42.1 Å². The lowest BCUT2D eigenvalue weighted by atomic mass is 9.69. The number of esters is 1. The average molecular weight is 581 g/mol. The van der Waals surface area contributed by atoms with Gasteiger partial charge in [0.15, 0.2) is 23.0 Å². The van der Waals surface area contributed by atoms with Crippen molar-refractivity contribution in [2.75, 3.05) is 20.8 Å². The molecule has 1 saturated carbocycles. The van der Waals surface area contributed by atoms with E-state index in [0.29, 0.717) is 49.5 Å². The first-order chi connectivity index (χ1) is 20.2. The van der Waals surface area contributed by atoms with E-state index in [0.717, 1.165) is 47.9 Å². The number of fused-ring (bicyclic) bond motifs is 2. The van der Waals surface area contributed by atoms with E-state index in [1.807, 2.05) is 6.07 Å². The molecular formula is C34H44O8. The van der Waals surface area contributed by atoms with Crippen molar-refractivity contribution in [3.63, 3.8) is 0 Å². The number of aryl methyl sites for hydroxylation is 1. The van der Waals surface area contributed by atoms with E-state index in [9.17, 15) is 24.9 Å². The fraction of sp³-hybridized carbons (Fsp3) is 0.529. The van der Waals surface area contributed by atoms with Gasteiger partial charge in [-0.25, -0.2) is 0 Å². The number of phenols is 2. The zero-order valence-electron chi connectivity index (χ0n) is 24.9. The number of carbonyl (C=O) groups excluding carboxylic acids is 2. The number of ether oxygens (including phenoxy) is 3. The van der Waals surface area contributed by atoms with Crippen LogP contribution in [0.25, 0.3) is 5.57 Å². The van der Waals surface area contributed by atoms with E-state index in [4.69, 9.17) is 14.2 Å². The van der Waals surface area contributed by atoms with Crippen molar-refractivity contribution in [1.82, 2.24) is 0 Å². The molecule has 0 spiro atoms. The smallest absolute Gasteiger partial charge is 0.302 e. The number of methoxy groups -OCH3 is 2. The van der Waals surface area contributed by atoms with Crippen molar-refractivity contribution in [3.8, 4) is 23.0 Å². The van der Waals surface area contributed by atoms with E-state index in [1.165, 1.54) is 21.1 Å². The standard InChI is InChI=1S/C34H44O8/c1-21(36)42-26(12-10-22-11-13-31(38)33(15-22)40-2)17-25(37)18-29-27-9-5-4-7-23(27)16-24(8-6-14-35)28-19-32(39)34(41-3)20-30(28)29/h11,13,15-16,19-20,23,26-27,29,35,38-39H,4-10,12,14,17-18H2,1-3H3/t23-,26+,27-,29-/m0/s1. The van der Waals surface area contributed by atoms with Crippen molar-refractivity contribution < 1.29 is 39.1 Å². The summed E-state index contributed by atoms with van der Waals surface area (Å²) in [5.41, 5.74) is 3.93. The van der Waals surface area contributed by atoms with Crippen molar-refractivity contribution in [2.24, 2.45) is 11.8 Å². The molecule has 2 aliphatic carbocycles. The summed E-state index contributed by atoms with van der Waals surface area (Å²) in [4.78, 5) is 25.7. The van der Waals surface area contributed by atoms with Gasteiger partial charge in [-0.2, -0.15) is 0 Å². The summed E-state index contributed by atoms with van der Waals surface area (Å²) in [6.07, 6.45) is 8.76. The van der Waals surface area contributed by atoms with Crippen molar-refractivity contribution in [1.29, 1.82) is 0 Å². The molecule has 228 valence electrons. The van der Waals surface area contributed by atoms with Gasteiger partial charge in [0.2, 0.25) is 0 Å². The van der Waals surface area contributed by atoms with Gasteiger partial charge in [-0.15, -0.1) is 0 Å². The maximum Gasteiger partial charge on any atom is 0.302 e. The summed E-state index contributed by atoms with van der Waals surface area (Å²) in [5, 5.41) is 30.2. The number of hydrogen-bond donors (Lipinski definition) is 3. The number of ketones is 1. The first-order valence-corrected chi connectivity index (χ1v) is 15.0. The highest BCUT2D eigenvalue weighted by Gasteiger charge is 2.38. The van der Waals surface area contributed by atoms with Crippen molar-refractivity contribution in [2.45, 2.75) is 83.2 Å². The minimum Gasteiger partial charge on any atom is -0.504 e. The van der Waals surface area contributed by atoms with Crippen LogP contribution in [0.4, 0.5) is 0 Å². The van der Waals surface area contributed by atoms with E-state index in [2.05, 4.69) is 6.08 Å². The second kappa shape index (κ2) is 14.6. The number of allylic oxidation sites excluding steroid dienone is 2. The van der Waals surface area contributed by atoms with Gasteiger partial charge in [0.1, 0.15) is 11.9 Å². The lowest BCUT2D eigenvalue weighted by Gasteiger charge is -2.35. The number of carbonyl (C=O) groups is 2. The van der Waals surface area contributed by atoms with Crippen LogP contribution in [-0.4, -0.2) is 54.0 Å². The molecule has 0 radical (unpaired) electrons. The van der Waals surface area contributed by atoms with Gasteiger partial charge in [-0.3, -0.25) is 9.59 Å². The lowest BCUT2D eigenvalue weighted by Crippen LogP contribution is -2.27. The van der Waals surface area contributed by atoms with Crippen LogP contribution in [0.2, 0.25) is 0 Å². The van der Waals surface area contributed by atoms with Gasteiger partial charge < -0.3 is 29.5 Å². The van der Waals surface area contributed by atoms with Crippen LogP contribution < -0.4 is 9.47 Å². The average Bonchev–Trinajstić information content (AvgIpc) is 3.09. The summed E-state index contributed by atoms with van der Waals surface area (Å²) < 4.78 is 16.3. The predicted octanol–water partition coefficient (Wildman–Crippen LogP) is 6.09. The van der Waals surface area contributed by atoms with Crippen LogP contribution in [-0.2, 0) is 20.7 Å². The fourth-order valence-corrected chi connectivity index (χ4v) is 6.78. The summed E-state index contributed by atoms with van der Waals surface area (Å²) in [7, 11) is 3.02. The quantitative estimate of drug-likeness (QED) is 0.243. The molecule has 3 N–H and O–H groups in total. The first kappa shape index (κ1) is 31.4. The van der Waals surface area contributed by atoms with Gasteiger partial charge in [-0.1, -0.05) is 25.0 Å². The summed E-state index contributed by atoms with van der Waals surface area (Å²) in [6, 6.07) is 8.74. The van der Waals surface area contributed by atoms with Crippen molar-refractivity contribution >= 4 is 17.3 Å². The fourth-order valence-electron chi connectivity index (χ4n) is 6.78. The maximum atomic E-state index is 13.8. The summed E-state index contributed by atoms with van der Waals surface area (Å²) in [6.45, 7) is 1.44. The molecule has 0 saturated heterocycles. The van der Waals surface area contributed by atoms with Gasteiger partial charge in [-0.05, 0) is 103 Å². The molecule has 0 amide bonds. The Hall–Kier alpha value is -3.52. The minimum atomic E-state index is -0.574. The summed E-state index contributed by atoms with van der Waals surface area (Å²) >= 11 is 0. The molecular weight excluding hydrogens is 536 g/mol. The highest BCUT2D eigenvalue weighted by Crippen LogP contribution is 2.50. The lowest BCUT2D eigenvalue weighted by molar-refractivity contribution is -0.147. The Balaban J connectivity index is 1.59. The molecule has 4 rings (SSSR count). The number of aliphatic hydroxyl groups excluding tert-OH is 1. The number of benzene rings is 2. The molecule has 2 aromatic carbocycles. The normalized spacial score (nSPS) is 20.4. The number of hydrogen-bond acceptors (Lipinski definition) is 8. The SMILES string of the molecule is COc1cc(CC[C@H](CC(=O)C[C@@H]2c3cc(OC)c(O)cc3C(CCCO)=C[C@@H]3CCCC[C@@H]32)OC(C)=O)ccc1O. The molecule has 8 heteroatoms. The van der Waals surface area contributed by atoms with Crippen LogP contribution in [0, 0.1) is 11.8 Å². The number of aliphatic hydroxyl groups is 1. The Morgan fingerprint density at radius 2 is 1.71 bits per heavy atom. The third-order valence-corrected chi connectivity index (χ3v) is 8.74. The van der Waals surface area contributed by atoms with E-state index < -0.39 is 12.1 Å². The monoisotopic (exact) mass is 580 g/mol. The topological polar surface area (TPSA) is 123 Å². The molecule has 2 aromatic rings. The number of aromatic hydroxyl groups is 2. The van der Waals surface area contributed by atoms with Crippen molar-refractivity contribution in [3.05, 3.63) is 53.1 Å². The van der Waals surface area contributed by atoms with Gasteiger partial charge in [0.25, 0.3) is 0 Å². The van der Waals surface area contributed by atoms with Crippen LogP contribution in [0.3, 0.4) is 0 Å². The third-order valence-electron chi connectivity index (χ3n) is 8.74. The number of phenolic OH excluding ortho intramolecular Hbond substituents is 2. The predicted molar refractivity (Wildman–Crippen MR) is 160 cm³/mol. The highest BCUT2D eigenvalue weighted by molar-refractivity contribution is 5.81. The van der Waals surface area contributed by atoms with Gasteiger partial charge in [0.05, 0.1) is 14.2 Å². The molecule has 0 aromatic heterocycles. The Bertz CT molecular complexity index is 1280. The molecule has 0 aliphatic heterocycles. The zero-order chi connectivity index (χ0) is 30.2. The van der Waals surface area contributed by atoms with Crippen LogP contribution in [0.1, 0.15) is 87.3 Å². The van der Waals surface area contributed by atoms with Crippen LogP contribution in [0.5, 0.6) is 23.0 Å². The molecule has 42 heavy (non-hydrogen) atoms. The van der Waals surface area contributed by atoms with E-state index >= 15 is 0 Å². The highest BCUT2D eigenvalue weighted by atomic mass is 16.5. The Labute approximate surface area is 248 Å². The largest absolute Gasteiger partial charge is 0.504 e. The van der Waals surface area contributed by atoms with Gasteiger partial charge in [0, 0.05) is 26.4 Å². The molecule has 4 atom stereocenters.